The summed E-state index contributed by atoms with van der Waals surface area (Å²) >= 11 is 0. The molecule has 0 radical (unpaired) electrons. The molecule has 1 unspecified atom stereocenters. The van der Waals surface area contributed by atoms with Crippen molar-refractivity contribution in [2.75, 3.05) is 10.7 Å². The molecule has 1 aliphatic rings. The molecule has 2 rings (SSSR count). The number of aromatic nitrogens is 2. The first-order chi connectivity index (χ1) is 8.52. The molecule has 1 aromatic heterocycles. The Bertz CT molecular complexity index is 394. The van der Waals surface area contributed by atoms with Gasteiger partial charge in [-0.2, -0.15) is 0 Å². The van der Waals surface area contributed by atoms with Crippen molar-refractivity contribution in [3.05, 3.63) is 11.9 Å². The van der Waals surface area contributed by atoms with Gasteiger partial charge >= 0.3 is 0 Å². The lowest BCUT2D eigenvalue weighted by Gasteiger charge is -2.18. The van der Waals surface area contributed by atoms with Crippen LogP contribution in [0.1, 0.15) is 45.9 Å². The van der Waals surface area contributed by atoms with Crippen LogP contribution in [-0.2, 0) is 6.42 Å². The van der Waals surface area contributed by atoms with Crippen molar-refractivity contribution in [2.45, 2.75) is 52.5 Å². The van der Waals surface area contributed by atoms with Crippen molar-refractivity contribution in [2.24, 2.45) is 11.3 Å². The Balaban J connectivity index is 2.09. The van der Waals surface area contributed by atoms with Crippen LogP contribution in [0.3, 0.4) is 0 Å². The number of aryl methyl sites for hydroxylation is 1. The van der Waals surface area contributed by atoms with Crippen LogP contribution < -0.4 is 16.6 Å². The average Bonchev–Trinajstić information content (AvgIpc) is 2.68. The highest BCUT2D eigenvalue weighted by Gasteiger charge is 2.30. The zero-order valence-electron chi connectivity index (χ0n) is 11.5. The predicted molar refractivity (Wildman–Crippen MR) is 74.3 cm³/mol. The number of nitrogen functional groups attached to an aromatic ring is 1. The van der Waals surface area contributed by atoms with E-state index in [1.165, 1.54) is 19.3 Å². The minimum absolute atomic E-state index is 0.438. The van der Waals surface area contributed by atoms with Crippen molar-refractivity contribution in [3.8, 4) is 0 Å². The van der Waals surface area contributed by atoms with Crippen molar-refractivity contribution < 1.29 is 0 Å². The Kier molecular flexibility index (Phi) is 3.71. The number of rotatable bonds is 4. The minimum atomic E-state index is 0.438. The minimum Gasteiger partial charge on any atom is -0.367 e. The van der Waals surface area contributed by atoms with Gasteiger partial charge in [0.15, 0.2) is 0 Å². The van der Waals surface area contributed by atoms with Crippen LogP contribution in [0.5, 0.6) is 0 Å². The summed E-state index contributed by atoms with van der Waals surface area (Å²) in [6.45, 7) is 6.68. The van der Waals surface area contributed by atoms with E-state index in [1.807, 2.05) is 13.0 Å². The lowest BCUT2D eigenvalue weighted by molar-refractivity contribution is 0.378. The molecular formula is C13H23N5. The third kappa shape index (κ3) is 3.10. The van der Waals surface area contributed by atoms with Gasteiger partial charge in [0.2, 0.25) is 0 Å². The second-order valence-electron chi connectivity index (χ2n) is 5.80. The molecule has 5 nitrogen and oxygen atoms in total. The molecule has 1 saturated carbocycles. The number of nitrogens with zero attached hydrogens (tertiary/aromatic N) is 2. The zero-order chi connectivity index (χ0) is 13.2. The summed E-state index contributed by atoms with van der Waals surface area (Å²) in [6, 6.07) is 2.37. The van der Waals surface area contributed by atoms with E-state index in [9.17, 15) is 0 Å². The Morgan fingerprint density at radius 2 is 2.11 bits per heavy atom. The summed E-state index contributed by atoms with van der Waals surface area (Å²) in [6.07, 6.45) is 4.45. The SMILES string of the molecule is CCc1nc(NN)cc(NC2CCC(C)(C)C2)n1. The molecule has 0 spiro atoms. The van der Waals surface area contributed by atoms with Crippen molar-refractivity contribution in [1.82, 2.24) is 9.97 Å². The Labute approximate surface area is 109 Å². The molecule has 1 aliphatic carbocycles. The maximum absolute atomic E-state index is 5.43. The number of nitrogens with two attached hydrogens (primary N) is 1. The van der Waals surface area contributed by atoms with E-state index in [2.05, 4.69) is 34.6 Å². The summed E-state index contributed by atoms with van der Waals surface area (Å²) in [4.78, 5) is 8.78. The van der Waals surface area contributed by atoms with Crippen molar-refractivity contribution in [1.29, 1.82) is 0 Å². The molecule has 0 bridgehead atoms. The highest BCUT2D eigenvalue weighted by Crippen LogP contribution is 2.38. The third-order valence-corrected chi connectivity index (χ3v) is 3.56. The fourth-order valence-electron chi connectivity index (χ4n) is 2.57. The van der Waals surface area contributed by atoms with Gasteiger partial charge in [-0.15, -0.1) is 0 Å². The molecular weight excluding hydrogens is 226 g/mol. The average molecular weight is 249 g/mol. The van der Waals surface area contributed by atoms with Crippen molar-refractivity contribution >= 4 is 11.6 Å². The van der Waals surface area contributed by atoms with Gasteiger partial charge < -0.3 is 10.7 Å². The number of nitrogens with one attached hydrogen (secondary N) is 2. The topological polar surface area (TPSA) is 75.9 Å². The molecule has 5 heteroatoms. The summed E-state index contributed by atoms with van der Waals surface area (Å²) in [5.74, 6) is 7.78. The van der Waals surface area contributed by atoms with Crippen LogP contribution in [0, 0.1) is 5.41 Å². The fraction of sp³-hybridized carbons (Fsp3) is 0.692. The first kappa shape index (κ1) is 13.1. The largest absolute Gasteiger partial charge is 0.367 e. The van der Waals surface area contributed by atoms with Crippen LogP contribution >= 0.6 is 0 Å². The second-order valence-corrected chi connectivity index (χ2v) is 5.80. The molecule has 1 atom stereocenters. The lowest BCUT2D eigenvalue weighted by Crippen LogP contribution is -2.19. The standard InChI is InChI=1S/C13H23N5/c1-4-10-16-11(7-12(17-10)18-14)15-9-5-6-13(2,3)8-9/h7,9H,4-6,8,14H2,1-3H3,(H2,15,16,17,18). The highest BCUT2D eigenvalue weighted by atomic mass is 15.3. The lowest BCUT2D eigenvalue weighted by atomic mass is 9.92. The Morgan fingerprint density at radius 1 is 1.39 bits per heavy atom. The maximum Gasteiger partial charge on any atom is 0.145 e. The highest BCUT2D eigenvalue weighted by molar-refractivity contribution is 5.47. The van der Waals surface area contributed by atoms with Crippen LogP contribution in [-0.4, -0.2) is 16.0 Å². The second kappa shape index (κ2) is 5.10. The molecule has 18 heavy (non-hydrogen) atoms. The van der Waals surface area contributed by atoms with Gasteiger partial charge in [-0.1, -0.05) is 20.8 Å². The first-order valence-corrected chi connectivity index (χ1v) is 6.63. The van der Waals surface area contributed by atoms with E-state index in [0.29, 0.717) is 17.3 Å². The van der Waals surface area contributed by atoms with Gasteiger partial charge in [-0.3, -0.25) is 0 Å². The number of anilines is 2. The molecule has 0 saturated heterocycles. The van der Waals surface area contributed by atoms with Gasteiger partial charge in [0.25, 0.3) is 0 Å². The first-order valence-electron chi connectivity index (χ1n) is 6.63. The van der Waals surface area contributed by atoms with Crippen LogP contribution in [0.25, 0.3) is 0 Å². The van der Waals surface area contributed by atoms with Crippen LogP contribution in [0.4, 0.5) is 11.6 Å². The molecule has 100 valence electrons. The van der Waals surface area contributed by atoms with E-state index < -0.39 is 0 Å². The normalized spacial score (nSPS) is 21.9. The summed E-state index contributed by atoms with van der Waals surface area (Å²) in [5.41, 5.74) is 3.03. The molecule has 1 heterocycles. The van der Waals surface area contributed by atoms with E-state index >= 15 is 0 Å². The monoisotopic (exact) mass is 249 g/mol. The van der Waals surface area contributed by atoms with Gasteiger partial charge in [0, 0.05) is 18.5 Å². The zero-order valence-corrected chi connectivity index (χ0v) is 11.5. The fourth-order valence-corrected chi connectivity index (χ4v) is 2.57. The van der Waals surface area contributed by atoms with E-state index in [1.54, 1.807) is 0 Å². The summed E-state index contributed by atoms with van der Waals surface area (Å²) in [7, 11) is 0. The predicted octanol–water partition coefficient (Wildman–Crippen LogP) is 2.32. The molecule has 1 aromatic rings. The molecule has 0 aliphatic heterocycles. The van der Waals surface area contributed by atoms with E-state index in [0.717, 1.165) is 18.1 Å². The van der Waals surface area contributed by atoms with Gasteiger partial charge in [0.1, 0.15) is 17.5 Å². The molecule has 0 amide bonds. The van der Waals surface area contributed by atoms with Crippen molar-refractivity contribution in [3.63, 3.8) is 0 Å². The number of hydrogen-bond acceptors (Lipinski definition) is 5. The quantitative estimate of drug-likeness (QED) is 0.564. The molecule has 1 fully saturated rings. The number of hydrogen-bond donors (Lipinski definition) is 3. The van der Waals surface area contributed by atoms with Gasteiger partial charge in [-0.05, 0) is 24.7 Å². The molecule has 0 aromatic carbocycles. The summed E-state index contributed by atoms with van der Waals surface area (Å²) in [5, 5.41) is 3.50. The summed E-state index contributed by atoms with van der Waals surface area (Å²) < 4.78 is 0. The molecule has 4 N–H and O–H groups in total. The Morgan fingerprint density at radius 3 is 2.67 bits per heavy atom. The van der Waals surface area contributed by atoms with Gasteiger partial charge in [-0.25, -0.2) is 15.8 Å². The maximum atomic E-state index is 5.43. The smallest absolute Gasteiger partial charge is 0.145 e. The number of hydrazine groups is 1. The van der Waals surface area contributed by atoms with Gasteiger partial charge in [0.05, 0.1) is 0 Å². The Hall–Kier alpha value is -1.36. The van der Waals surface area contributed by atoms with Crippen LogP contribution in [0.15, 0.2) is 6.07 Å². The van der Waals surface area contributed by atoms with E-state index in [-0.39, 0.29) is 0 Å². The van der Waals surface area contributed by atoms with Crippen LogP contribution in [0.2, 0.25) is 0 Å². The van der Waals surface area contributed by atoms with E-state index in [4.69, 9.17) is 5.84 Å². The third-order valence-electron chi connectivity index (χ3n) is 3.56.